The molecule has 0 aromatic carbocycles. The van der Waals surface area contributed by atoms with Crippen LogP contribution in [0.3, 0.4) is 0 Å². The van der Waals surface area contributed by atoms with Gasteiger partial charge in [-0.1, -0.05) is 71.6 Å². The van der Waals surface area contributed by atoms with Gasteiger partial charge in [-0.25, -0.2) is 0 Å². The highest BCUT2D eigenvalue weighted by molar-refractivity contribution is 6.83. The molecular formula is C18H36OSi2. The van der Waals surface area contributed by atoms with Crippen molar-refractivity contribution in [1.29, 1.82) is 0 Å². The summed E-state index contributed by atoms with van der Waals surface area (Å²) in [6.45, 7) is 27.8. The van der Waals surface area contributed by atoms with Crippen LogP contribution in [0.1, 0.15) is 34.6 Å². The molecule has 122 valence electrons. The molecular weight excluding hydrogens is 288 g/mol. The summed E-state index contributed by atoms with van der Waals surface area (Å²) in [5.41, 5.74) is 0.118. The van der Waals surface area contributed by atoms with Gasteiger partial charge in [-0.05, 0) is 18.1 Å². The molecule has 1 aliphatic rings. The van der Waals surface area contributed by atoms with Crippen LogP contribution < -0.4 is 0 Å². The SMILES string of the molecule is C=C[C@H]1C([Si](C)(C)C)=C[C@H](O[Si](C)(C)C(C)(C)C)C1(C)C. The van der Waals surface area contributed by atoms with E-state index < -0.39 is 16.4 Å². The van der Waals surface area contributed by atoms with Crippen molar-refractivity contribution in [2.24, 2.45) is 11.3 Å². The maximum absolute atomic E-state index is 6.77. The van der Waals surface area contributed by atoms with E-state index in [2.05, 4.69) is 86.1 Å². The van der Waals surface area contributed by atoms with Gasteiger partial charge in [-0.15, -0.1) is 6.58 Å². The summed E-state index contributed by atoms with van der Waals surface area (Å²) in [5.74, 6) is 0.457. The molecule has 1 nitrogen and oxygen atoms in total. The molecule has 1 aliphatic carbocycles. The zero-order chi connectivity index (χ0) is 16.9. The normalized spacial score (nSPS) is 26.7. The van der Waals surface area contributed by atoms with Gasteiger partial charge < -0.3 is 4.43 Å². The Balaban J connectivity index is 3.19. The molecule has 0 aromatic heterocycles. The highest BCUT2D eigenvalue weighted by atomic mass is 28.4. The van der Waals surface area contributed by atoms with E-state index in [0.717, 1.165) is 0 Å². The predicted molar refractivity (Wildman–Crippen MR) is 101 cm³/mol. The lowest BCUT2D eigenvalue weighted by molar-refractivity contribution is 0.0940. The Morgan fingerprint density at radius 3 is 1.90 bits per heavy atom. The standard InChI is InChI=1S/C18H36OSi2/c1-12-14-15(20(7,8)9)13-16(18(14,5)6)19-21(10,11)17(2,3)4/h12-14,16H,1H2,2-11H3/t14-,16-/m0/s1. The van der Waals surface area contributed by atoms with Gasteiger partial charge >= 0.3 is 0 Å². The molecule has 1 rings (SSSR count). The Bertz CT molecular complexity index is 433. The first-order chi connectivity index (χ1) is 9.14. The Morgan fingerprint density at radius 2 is 1.62 bits per heavy atom. The van der Waals surface area contributed by atoms with Crippen molar-refractivity contribution in [2.75, 3.05) is 0 Å². The predicted octanol–water partition coefficient (Wildman–Crippen LogP) is 6.02. The summed E-state index contributed by atoms with van der Waals surface area (Å²) < 4.78 is 6.77. The molecule has 0 spiro atoms. The minimum atomic E-state index is -1.75. The summed E-state index contributed by atoms with van der Waals surface area (Å²) in [5, 5.41) is 1.87. The molecule has 0 aromatic rings. The number of allylic oxidation sites excluding steroid dienone is 2. The largest absolute Gasteiger partial charge is 0.410 e. The van der Waals surface area contributed by atoms with Crippen molar-refractivity contribution < 1.29 is 4.43 Å². The topological polar surface area (TPSA) is 9.23 Å². The third-order valence-corrected chi connectivity index (χ3v) is 12.2. The highest BCUT2D eigenvalue weighted by Crippen LogP contribution is 2.50. The highest BCUT2D eigenvalue weighted by Gasteiger charge is 2.49. The van der Waals surface area contributed by atoms with Crippen molar-refractivity contribution in [3.05, 3.63) is 23.9 Å². The van der Waals surface area contributed by atoms with Gasteiger partial charge in [0.1, 0.15) is 0 Å². The molecule has 0 unspecified atom stereocenters. The van der Waals surface area contributed by atoms with Crippen molar-refractivity contribution >= 4 is 16.4 Å². The van der Waals surface area contributed by atoms with Gasteiger partial charge in [0.25, 0.3) is 0 Å². The van der Waals surface area contributed by atoms with E-state index in [1.165, 1.54) is 0 Å². The zero-order valence-corrected chi connectivity index (χ0v) is 17.9. The molecule has 0 aliphatic heterocycles. The fourth-order valence-corrected chi connectivity index (χ4v) is 6.32. The summed E-state index contributed by atoms with van der Waals surface area (Å²) in [6.07, 6.45) is 4.83. The van der Waals surface area contributed by atoms with Gasteiger partial charge in [0.15, 0.2) is 8.32 Å². The first-order valence-electron chi connectivity index (χ1n) is 8.17. The Morgan fingerprint density at radius 1 is 1.14 bits per heavy atom. The van der Waals surface area contributed by atoms with Crippen LogP contribution in [0.15, 0.2) is 23.9 Å². The van der Waals surface area contributed by atoms with Gasteiger partial charge in [0.05, 0.1) is 14.2 Å². The Kier molecular flexibility index (Phi) is 4.96. The minimum Gasteiger partial charge on any atom is -0.410 e. The third kappa shape index (κ3) is 3.62. The summed E-state index contributed by atoms with van der Waals surface area (Å²) in [7, 11) is -3.09. The summed E-state index contributed by atoms with van der Waals surface area (Å²) in [6, 6.07) is 0. The Labute approximate surface area is 135 Å². The second-order valence-electron chi connectivity index (χ2n) is 9.71. The lowest BCUT2D eigenvalue weighted by Gasteiger charge is -2.43. The van der Waals surface area contributed by atoms with E-state index in [0.29, 0.717) is 5.92 Å². The van der Waals surface area contributed by atoms with Crippen LogP contribution >= 0.6 is 0 Å². The number of rotatable bonds is 4. The fourth-order valence-electron chi connectivity index (χ4n) is 2.89. The van der Waals surface area contributed by atoms with Gasteiger partial charge in [-0.3, -0.25) is 0 Å². The van der Waals surface area contributed by atoms with Crippen LogP contribution in [-0.4, -0.2) is 22.5 Å². The van der Waals surface area contributed by atoms with Crippen molar-refractivity contribution in [1.82, 2.24) is 0 Å². The molecule has 0 radical (unpaired) electrons. The van der Waals surface area contributed by atoms with Crippen LogP contribution in [0.25, 0.3) is 0 Å². The third-order valence-electron chi connectivity index (χ3n) is 5.53. The van der Waals surface area contributed by atoms with Crippen LogP contribution in [0, 0.1) is 11.3 Å². The lowest BCUT2D eigenvalue weighted by Crippen LogP contribution is -2.47. The van der Waals surface area contributed by atoms with E-state index >= 15 is 0 Å². The molecule has 0 N–H and O–H groups in total. The summed E-state index contributed by atoms with van der Waals surface area (Å²) in [4.78, 5) is 0. The first kappa shape index (κ1) is 18.9. The molecule has 0 fully saturated rings. The second kappa shape index (κ2) is 5.50. The number of hydrogen-bond acceptors (Lipinski definition) is 1. The average Bonchev–Trinajstić information content (AvgIpc) is 2.47. The minimum absolute atomic E-state index is 0.118. The van der Waals surface area contributed by atoms with Crippen molar-refractivity contribution in [3.8, 4) is 0 Å². The molecule has 0 bridgehead atoms. The van der Waals surface area contributed by atoms with Crippen LogP contribution in [-0.2, 0) is 4.43 Å². The molecule has 0 amide bonds. The maximum Gasteiger partial charge on any atom is 0.192 e. The molecule has 0 saturated heterocycles. The van der Waals surface area contributed by atoms with E-state index in [9.17, 15) is 0 Å². The molecule has 0 heterocycles. The van der Waals surface area contributed by atoms with E-state index in [1.807, 2.05) is 0 Å². The van der Waals surface area contributed by atoms with Crippen molar-refractivity contribution in [3.63, 3.8) is 0 Å². The van der Waals surface area contributed by atoms with Gasteiger partial charge in [0.2, 0.25) is 0 Å². The van der Waals surface area contributed by atoms with Crippen LogP contribution in [0.5, 0.6) is 0 Å². The van der Waals surface area contributed by atoms with Gasteiger partial charge in [-0.2, -0.15) is 0 Å². The molecule has 21 heavy (non-hydrogen) atoms. The fraction of sp³-hybridized carbons (Fsp3) is 0.778. The van der Waals surface area contributed by atoms with E-state index in [4.69, 9.17) is 4.43 Å². The van der Waals surface area contributed by atoms with E-state index in [1.54, 1.807) is 5.20 Å². The van der Waals surface area contributed by atoms with Crippen LogP contribution in [0.2, 0.25) is 37.8 Å². The Hall–Kier alpha value is -0.126. The molecule has 3 heteroatoms. The maximum atomic E-state index is 6.77. The van der Waals surface area contributed by atoms with Crippen molar-refractivity contribution in [2.45, 2.75) is 78.5 Å². The monoisotopic (exact) mass is 324 g/mol. The molecule has 0 saturated carbocycles. The van der Waals surface area contributed by atoms with Crippen LogP contribution in [0.4, 0.5) is 0 Å². The smallest absolute Gasteiger partial charge is 0.192 e. The molecule has 2 atom stereocenters. The van der Waals surface area contributed by atoms with E-state index in [-0.39, 0.29) is 16.6 Å². The quantitative estimate of drug-likeness (QED) is 0.453. The summed E-state index contributed by atoms with van der Waals surface area (Å²) >= 11 is 0. The van der Waals surface area contributed by atoms with Gasteiger partial charge in [0, 0.05) is 11.3 Å². The lowest BCUT2D eigenvalue weighted by atomic mass is 9.79. The zero-order valence-electron chi connectivity index (χ0n) is 15.9. The average molecular weight is 325 g/mol. The number of hydrogen-bond donors (Lipinski definition) is 0. The second-order valence-corrected chi connectivity index (χ2v) is 19.5. The first-order valence-corrected chi connectivity index (χ1v) is 14.6.